The number of piperidine rings is 1. The molecule has 0 radical (unpaired) electrons. The summed E-state index contributed by atoms with van der Waals surface area (Å²) >= 11 is 1.48. The van der Waals surface area contributed by atoms with Gasteiger partial charge in [-0.2, -0.15) is 0 Å². The lowest BCUT2D eigenvalue weighted by molar-refractivity contribution is -0.163. The molecular formula is C19H29N3O5S. The van der Waals surface area contributed by atoms with E-state index in [1.54, 1.807) is 14.0 Å². The molecule has 3 rings (SSSR count). The Bertz CT molecular complexity index is 710. The number of fused-ring (bicyclic) bond motifs is 1. The van der Waals surface area contributed by atoms with Gasteiger partial charge in [-0.3, -0.25) is 4.79 Å². The van der Waals surface area contributed by atoms with Crippen molar-refractivity contribution < 1.29 is 24.6 Å². The highest BCUT2D eigenvalue weighted by Crippen LogP contribution is 2.52. The van der Waals surface area contributed by atoms with E-state index in [-0.39, 0.29) is 40.9 Å². The lowest BCUT2D eigenvalue weighted by Gasteiger charge is -2.46. The fraction of sp³-hybridized carbons (Fsp3) is 0.737. The number of carboxylic acids is 1. The zero-order valence-corrected chi connectivity index (χ0v) is 17.5. The number of urea groups is 1. The van der Waals surface area contributed by atoms with Crippen molar-refractivity contribution in [1.29, 1.82) is 0 Å². The van der Waals surface area contributed by atoms with Crippen LogP contribution in [-0.2, 0) is 9.59 Å². The highest BCUT2D eigenvalue weighted by Gasteiger charge is 2.60. The largest absolute Gasteiger partial charge is 0.477 e. The number of nitrogens with one attached hydrogen (secondary N) is 1. The molecule has 3 amide bonds. The van der Waals surface area contributed by atoms with Crippen LogP contribution in [-0.4, -0.2) is 75.0 Å². The molecule has 0 aromatic carbocycles. The number of carbonyl (C=O) groups excluding carboxylic acids is 2. The van der Waals surface area contributed by atoms with E-state index in [2.05, 4.69) is 12.2 Å². The Morgan fingerprint density at radius 2 is 2.04 bits per heavy atom. The van der Waals surface area contributed by atoms with Crippen molar-refractivity contribution >= 4 is 29.7 Å². The van der Waals surface area contributed by atoms with Gasteiger partial charge in [0.2, 0.25) is 5.91 Å². The van der Waals surface area contributed by atoms with Crippen molar-refractivity contribution in [3.05, 3.63) is 10.6 Å². The standard InChI is InChI=1S/C19H29N3O5S/c1-5-11-6-7-12(8-21(11)19(27)20-4)28-16-9(2)14-13(10(3)23)17(24)22(14)15(16)18(25)26/h9-14,23H,5-8H2,1-4H3,(H,20,27)(H,25,26)/t9-,10-,11+,12+,13-,14-/m1/s1. The second kappa shape index (κ2) is 7.94. The fourth-order valence-electron chi connectivity index (χ4n) is 4.77. The first kappa shape index (κ1) is 21.0. The van der Waals surface area contributed by atoms with E-state index >= 15 is 0 Å². The minimum absolute atomic E-state index is 0.0495. The van der Waals surface area contributed by atoms with Gasteiger partial charge in [0.1, 0.15) is 5.70 Å². The van der Waals surface area contributed by atoms with Crippen LogP contribution in [0.4, 0.5) is 4.79 Å². The van der Waals surface area contributed by atoms with E-state index in [0.717, 1.165) is 19.3 Å². The number of likely N-dealkylation sites (tertiary alicyclic amines) is 1. The number of aliphatic carboxylic acids is 1. The Hall–Kier alpha value is -1.74. The molecule has 0 saturated carbocycles. The zero-order valence-electron chi connectivity index (χ0n) is 16.7. The summed E-state index contributed by atoms with van der Waals surface area (Å²) < 4.78 is 0. The first-order valence-corrected chi connectivity index (χ1v) is 10.7. The number of hydrogen-bond donors (Lipinski definition) is 3. The number of nitrogens with zero attached hydrogens (tertiary/aromatic N) is 2. The molecule has 0 aliphatic carbocycles. The Labute approximate surface area is 169 Å². The maximum atomic E-state index is 12.4. The number of aliphatic hydroxyl groups is 1. The van der Waals surface area contributed by atoms with E-state index in [0.29, 0.717) is 11.4 Å². The predicted molar refractivity (Wildman–Crippen MR) is 105 cm³/mol. The minimum Gasteiger partial charge on any atom is -0.477 e. The highest BCUT2D eigenvalue weighted by molar-refractivity contribution is 8.03. The van der Waals surface area contributed by atoms with Gasteiger partial charge in [0, 0.05) is 35.7 Å². The number of thioether (sulfide) groups is 1. The third kappa shape index (κ3) is 3.28. The van der Waals surface area contributed by atoms with E-state index in [1.165, 1.54) is 16.7 Å². The van der Waals surface area contributed by atoms with Crippen LogP contribution in [0.5, 0.6) is 0 Å². The molecule has 2 saturated heterocycles. The maximum Gasteiger partial charge on any atom is 0.353 e. The van der Waals surface area contributed by atoms with Gasteiger partial charge in [-0.15, -0.1) is 11.8 Å². The topological polar surface area (TPSA) is 110 Å². The normalized spacial score (nSPS) is 33.5. The lowest BCUT2D eigenvalue weighted by Crippen LogP contribution is -2.63. The summed E-state index contributed by atoms with van der Waals surface area (Å²) in [5, 5.41) is 22.5. The Balaban J connectivity index is 1.82. The van der Waals surface area contributed by atoms with Gasteiger partial charge < -0.3 is 25.3 Å². The summed E-state index contributed by atoms with van der Waals surface area (Å²) in [7, 11) is 1.61. The second-order valence-corrected chi connectivity index (χ2v) is 9.20. The van der Waals surface area contributed by atoms with Crippen LogP contribution in [0, 0.1) is 11.8 Å². The zero-order chi connectivity index (χ0) is 20.7. The number of amides is 3. The highest BCUT2D eigenvalue weighted by atomic mass is 32.2. The first-order chi connectivity index (χ1) is 13.2. The van der Waals surface area contributed by atoms with Gasteiger partial charge in [0.25, 0.3) is 0 Å². The van der Waals surface area contributed by atoms with Gasteiger partial charge in [-0.1, -0.05) is 13.8 Å². The van der Waals surface area contributed by atoms with Gasteiger partial charge in [0.15, 0.2) is 0 Å². The van der Waals surface area contributed by atoms with Crippen molar-refractivity contribution in [2.75, 3.05) is 13.6 Å². The Kier molecular flexibility index (Phi) is 5.95. The Morgan fingerprint density at radius 1 is 1.36 bits per heavy atom. The van der Waals surface area contributed by atoms with E-state index in [9.17, 15) is 24.6 Å². The van der Waals surface area contributed by atoms with E-state index in [4.69, 9.17) is 0 Å². The molecular weight excluding hydrogens is 382 g/mol. The summed E-state index contributed by atoms with van der Waals surface area (Å²) in [5.41, 5.74) is 0.0495. The van der Waals surface area contributed by atoms with Crippen LogP contribution >= 0.6 is 11.8 Å². The maximum absolute atomic E-state index is 12.4. The average molecular weight is 412 g/mol. The first-order valence-electron chi connectivity index (χ1n) is 9.86. The molecule has 3 aliphatic rings. The molecule has 6 atom stereocenters. The van der Waals surface area contributed by atoms with Gasteiger partial charge >= 0.3 is 12.0 Å². The van der Waals surface area contributed by atoms with Gasteiger partial charge in [0.05, 0.1) is 18.1 Å². The van der Waals surface area contributed by atoms with Crippen LogP contribution in [0.25, 0.3) is 0 Å². The lowest BCUT2D eigenvalue weighted by atomic mass is 9.79. The molecule has 0 unspecified atom stereocenters. The summed E-state index contributed by atoms with van der Waals surface area (Å²) in [6, 6.07) is -0.229. The summed E-state index contributed by atoms with van der Waals surface area (Å²) in [6.07, 6.45) is 1.83. The molecule has 156 valence electrons. The van der Waals surface area contributed by atoms with Crippen molar-refractivity contribution in [2.24, 2.45) is 11.8 Å². The molecule has 0 aromatic heterocycles. The third-order valence-corrected chi connectivity index (χ3v) is 7.75. The third-order valence-electron chi connectivity index (χ3n) is 6.21. The van der Waals surface area contributed by atoms with Crippen molar-refractivity contribution in [3.63, 3.8) is 0 Å². The summed E-state index contributed by atoms with van der Waals surface area (Å²) in [6.45, 7) is 6.10. The van der Waals surface area contributed by atoms with Crippen LogP contribution in [0.15, 0.2) is 10.6 Å². The van der Waals surface area contributed by atoms with Crippen molar-refractivity contribution in [2.45, 2.75) is 63.5 Å². The molecule has 28 heavy (non-hydrogen) atoms. The van der Waals surface area contributed by atoms with Crippen molar-refractivity contribution in [1.82, 2.24) is 15.1 Å². The van der Waals surface area contributed by atoms with Gasteiger partial charge in [-0.05, 0) is 26.2 Å². The molecule has 0 aromatic rings. The second-order valence-electron chi connectivity index (χ2n) is 7.86. The van der Waals surface area contributed by atoms with E-state index in [1.807, 2.05) is 11.8 Å². The Morgan fingerprint density at radius 3 is 2.57 bits per heavy atom. The van der Waals surface area contributed by atoms with Gasteiger partial charge in [-0.25, -0.2) is 9.59 Å². The predicted octanol–water partition coefficient (Wildman–Crippen LogP) is 1.46. The minimum atomic E-state index is -1.11. The number of aliphatic hydroxyl groups excluding tert-OH is 1. The molecule has 9 heteroatoms. The fourth-order valence-corrected chi connectivity index (χ4v) is 6.26. The summed E-state index contributed by atoms with van der Waals surface area (Å²) in [5.74, 6) is -2.13. The molecule has 3 N–H and O–H groups in total. The molecule has 8 nitrogen and oxygen atoms in total. The van der Waals surface area contributed by atoms with Crippen molar-refractivity contribution in [3.8, 4) is 0 Å². The molecule has 3 aliphatic heterocycles. The SMILES string of the molecule is CC[C@H]1CC[C@H](SC2=C(C(=O)O)N3C(=O)[C@H]([C@@H](C)O)[C@H]3[C@H]2C)CN1C(=O)NC. The van der Waals surface area contributed by atoms with E-state index < -0.39 is 18.0 Å². The molecule has 0 bridgehead atoms. The smallest absolute Gasteiger partial charge is 0.353 e. The van der Waals surface area contributed by atoms with Crippen LogP contribution in [0.3, 0.4) is 0 Å². The van der Waals surface area contributed by atoms with Crippen LogP contribution in [0.1, 0.15) is 40.0 Å². The monoisotopic (exact) mass is 411 g/mol. The summed E-state index contributed by atoms with van der Waals surface area (Å²) in [4.78, 5) is 40.5. The molecule has 3 heterocycles. The number of rotatable bonds is 5. The quantitative estimate of drug-likeness (QED) is 0.591. The number of carboxylic acid groups (broad SMARTS) is 1. The molecule has 2 fully saturated rings. The van der Waals surface area contributed by atoms with Crippen LogP contribution < -0.4 is 5.32 Å². The number of β-lactam (4-membered cyclic amide) rings is 1. The number of carbonyl (C=O) groups is 3. The molecule has 0 spiro atoms. The van der Waals surface area contributed by atoms with Crippen LogP contribution in [0.2, 0.25) is 0 Å². The average Bonchev–Trinajstić information content (AvgIpc) is 2.89. The number of hydrogen-bond acceptors (Lipinski definition) is 5.